The average Bonchev–Trinajstić information content (AvgIpc) is 2.24. The van der Waals surface area contributed by atoms with Crippen LogP contribution in [0.25, 0.3) is 0 Å². The van der Waals surface area contributed by atoms with Crippen molar-refractivity contribution in [3.8, 4) is 5.75 Å². The average molecular weight is 356 g/mol. The highest BCUT2D eigenvalue weighted by Crippen LogP contribution is 2.46. The Morgan fingerprint density at radius 1 is 1.29 bits per heavy atom. The van der Waals surface area contributed by atoms with E-state index in [0.29, 0.717) is 0 Å². The molecule has 0 bridgehead atoms. The van der Waals surface area contributed by atoms with E-state index in [9.17, 15) is 40.5 Å². The van der Waals surface area contributed by atoms with Gasteiger partial charge in [0, 0.05) is 10.7 Å². The predicted molar refractivity (Wildman–Crippen MR) is 57.8 cm³/mol. The molecular weight excluding hydrogens is 353 g/mol. The second-order valence-corrected chi connectivity index (χ2v) is 5.89. The molecule has 0 saturated carbocycles. The SMILES string of the molecule is O=[N+]([O-])c1c(OC(F)F)ccc(S(=O)(=O)Cl)c1C(F)(F)F. The molecule has 0 saturated heterocycles. The number of ether oxygens (including phenoxy) is 1. The molecule has 0 aromatic heterocycles. The van der Waals surface area contributed by atoms with E-state index in [1.165, 1.54) is 0 Å². The maximum absolute atomic E-state index is 12.8. The highest BCUT2D eigenvalue weighted by molar-refractivity contribution is 8.13. The minimum atomic E-state index is -5.54. The van der Waals surface area contributed by atoms with Crippen molar-refractivity contribution in [1.82, 2.24) is 0 Å². The summed E-state index contributed by atoms with van der Waals surface area (Å²) in [5, 5.41) is 10.7. The van der Waals surface area contributed by atoms with Gasteiger partial charge in [-0.2, -0.15) is 22.0 Å². The van der Waals surface area contributed by atoms with Crippen molar-refractivity contribution in [3.05, 3.63) is 27.8 Å². The number of nitro groups is 1. The van der Waals surface area contributed by atoms with Crippen LogP contribution in [-0.2, 0) is 15.2 Å². The van der Waals surface area contributed by atoms with Crippen molar-refractivity contribution < 1.29 is 40.0 Å². The van der Waals surface area contributed by atoms with Crippen LogP contribution in [0.5, 0.6) is 5.75 Å². The molecule has 1 rings (SSSR count). The Bertz CT molecular complexity index is 674. The van der Waals surface area contributed by atoms with E-state index in [0.717, 1.165) is 0 Å². The number of halogens is 6. The van der Waals surface area contributed by atoms with E-state index in [2.05, 4.69) is 4.74 Å². The van der Waals surface area contributed by atoms with E-state index in [1.807, 2.05) is 0 Å². The zero-order chi connectivity index (χ0) is 16.6. The summed E-state index contributed by atoms with van der Waals surface area (Å²) < 4.78 is 88.4. The molecular formula is C8H3ClF5NO5S. The molecule has 0 heterocycles. The van der Waals surface area contributed by atoms with Crippen LogP contribution in [0, 0.1) is 10.1 Å². The molecule has 0 radical (unpaired) electrons. The highest BCUT2D eigenvalue weighted by atomic mass is 35.7. The van der Waals surface area contributed by atoms with Gasteiger partial charge in [0.05, 0.1) is 4.92 Å². The van der Waals surface area contributed by atoms with Gasteiger partial charge in [-0.25, -0.2) is 8.42 Å². The fourth-order valence-corrected chi connectivity index (χ4v) is 2.48. The predicted octanol–water partition coefficient (Wildman–Crippen LogP) is 3.14. The molecule has 21 heavy (non-hydrogen) atoms. The number of benzene rings is 1. The summed E-state index contributed by atoms with van der Waals surface area (Å²) in [7, 11) is -0.248. The van der Waals surface area contributed by atoms with Crippen LogP contribution in [0.1, 0.15) is 5.56 Å². The standard InChI is InChI=1S/C8H3ClF5NO5S/c9-21(18,19)4-2-1-3(20-7(10)11)6(15(16)17)5(4)8(12,13)14/h1-2,7H. The Hall–Kier alpha value is -1.69. The lowest BCUT2D eigenvalue weighted by molar-refractivity contribution is -0.390. The third kappa shape index (κ3) is 3.91. The summed E-state index contributed by atoms with van der Waals surface area (Å²) in [6.07, 6.45) is -5.54. The van der Waals surface area contributed by atoms with Crippen molar-refractivity contribution in [2.24, 2.45) is 0 Å². The van der Waals surface area contributed by atoms with E-state index in [1.54, 1.807) is 0 Å². The summed E-state index contributed by atoms with van der Waals surface area (Å²) in [6.45, 7) is -3.65. The fraction of sp³-hybridized carbons (Fsp3) is 0.250. The molecule has 13 heteroatoms. The molecule has 0 amide bonds. The van der Waals surface area contributed by atoms with E-state index in [4.69, 9.17) is 10.7 Å². The van der Waals surface area contributed by atoms with E-state index < -0.39 is 48.7 Å². The second kappa shape index (κ2) is 5.60. The van der Waals surface area contributed by atoms with Gasteiger partial charge in [0.1, 0.15) is 4.90 Å². The summed E-state index contributed by atoms with van der Waals surface area (Å²) >= 11 is 0. The Kier molecular flexibility index (Phi) is 4.63. The Labute approximate surface area is 117 Å². The first kappa shape index (κ1) is 17.4. The minimum absolute atomic E-state index is 0.190. The lowest BCUT2D eigenvalue weighted by Gasteiger charge is -2.14. The molecule has 0 aliphatic heterocycles. The van der Waals surface area contributed by atoms with Gasteiger partial charge in [-0.3, -0.25) is 10.1 Å². The first-order chi connectivity index (χ1) is 9.35. The largest absolute Gasteiger partial charge is 0.427 e. The van der Waals surface area contributed by atoms with E-state index in [-0.39, 0.29) is 12.1 Å². The van der Waals surface area contributed by atoms with Crippen LogP contribution >= 0.6 is 10.7 Å². The number of hydrogen-bond acceptors (Lipinski definition) is 5. The maximum atomic E-state index is 12.8. The van der Waals surface area contributed by atoms with Crippen LogP contribution in [0.3, 0.4) is 0 Å². The van der Waals surface area contributed by atoms with Gasteiger partial charge < -0.3 is 4.74 Å². The molecule has 0 aliphatic carbocycles. The molecule has 0 aliphatic rings. The monoisotopic (exact) mass is 355 g/mol. The Morgan fingerprint density at radius 3 is 2.14 bits per heavy atom. The number of rotatable bonds is 4. The number of nitro benzene ring substituents is 1. The normalized spacial score (nSPS) is 12.5. The van der Waals surface area contributed by atoms with Crippen molar-refractivity contribution in [2.75, 3.05) is 0 Å². The lowest BCUT2D eigenvalue weighted by atomic mass is 10.1. The maximum Gasteiger partial charge on any atom is 0.424 e. The van der Waals surface area contributed by atoms with Crippen molar-refractivity contribution in [1.29, 1.82) is 0 Å². The number of alkyl halides is 5. The van der Waals surface area contributed by atoms with Gasteiger partial charge in [0.2, 0.25) is 5.75 Å². The summed E-state index contributed by atoms with van der Waals surface area (Å²) in [5.74, 6) is -1.44. The molecule has 0 unspecified atom stereocenters. The van der Waals surface area contributed by atoms with Crippen LogP contribution in [-0.4, -0.2) is 20.0 Å². The van der Waals surface area contributed by atoms with Gasteiger partial charge in [-0.05, 0) is 12.1 Å². The molecule has 0 atom stereocenters. The zero-order valence-electron chi connectivity index (χ0n) is 9.40. The zero-order valence-corrected chi connectivity index (χ0v) is 11.0. The van der Waals surface area contributed by atoms with Gasteiger partial charge in [-0.1, -0.05) is 0 Å². The number of hydrogen-bond donors (Lipinski definition) is 0. The molecule has 0 N–H and O–H groups in total. The van der Waals surface area contributed by atoms with E-state index >= 15 is 0 Å². The van der Waals surface area contributed by atoms with Gasteiger partial charge in [0.25, 0.3) is 9.05 Å². The second-order valence-electron chi connectivity index (χ2n) is 3.36. The van der Waals surface area contributed by atoms with Gasteiger partial charge in [0.15, 0.2) is 5.56 Å². The Balaban J connectivity index is 3.84. The van der Waals surface area contributed by atoms with Crippen molar-refractivity contribution >= 4 is 25.4 Å². The third-order valence-electron chi connectivity index (χ3n) is 2.05. The van der Waals surface area contributed by atoms with Crippen LogP contribution in [0.2, 0.25) is 0 Å². The quantitative estimate of drug-likeness (QED) is 0.358. The molecule has 118 valence electrons. The molecule has 0 fully saturated rings. The summed E-state index contributed by atoms with van der Waals surface area (Å²) in [4.78, 5) is 7.37. The topological polar surface area (TPSA) is 86.5 Å². The smallest absolute Gasteiger partial charge is 0.424 e. The third-order valence-corrected chi connectivity index (χ3v) is 3.41. The molecule has 0 spiro atoms. The number of nitrogens with zero attached hydrogens (tertiary/aromatic N) is 1. The fourth-order valence-electron chi connectivity index (χ4n) is 1.40. The molecule has 1 aromatic rings. The summed E-state index contributed by atoms with van der Waals surface area (Å²) in [6, 6.07) is 0.477. The van der Waals surface area contributed by atoms with Gasteiger partial charge >= 0.3 is 18.5 Å². The summed E-state index contributed by atoms with van der Waals surface area (Å²) in [5.41, 5.74) is -4.26. The lowest BCUT2D eigenvalue weighted by Crippen LogP contribution is -2.16. The Morgan fingerprint density at radius 2 is 1.81 bits per heavy atom. The highest BCUT2D eigenvalue weighted by Gasteiger charge is 2.46. The first-order valence-electron chi connectivity index (χ1n) is 4.63. The van der Waals surface area contributed by atoms with Crippen molar-refractivity contribution in [2.45, 2.75) is 17.7 Å². The molecule has 6 nitrogen and oxygen atoms in total. The van der Waals surface area contributed by atoms with Crippen LogP contribution in [0.4, 0.5) is 27.6 Å². The first-order valence-corrected chi connectivity index (χ1v) is 6.94. The van der Waals surface area contributed by atoms with Gasteiger partial charge in [-0.15, -0.1) is 0 Å². The van der Waals surface area contributed by atoms with Crippen LogP contribution in [0.15, 0.2) is 17.0 Å². The minimum Gasteiger partial charge on any atom is -0.427 e. The molecule has 1 aromatic carbocycles. The van der Waals surface area contributed by atoms with Crippen molar-refractivity contribution in [3.63, 3.8) is 0 Å². The van der Waals surface area contributed by atoms with Crippen LogP contribution < -0.4 is 4.74 Å².